The van der Waals surface area contributed by atoms with E-state index >= 15 is 0 Å². The summed E-state index contributed by atoms with van der Waals surface area (Å²) in [4.78, 5) is 15.2. The fourth-order valence-electron chi connectivity index (χ4n) is 4.63. The summed E-state index contributed by atoms with van der Waals surface area (Å²) >= 11 is 1.80. The highest BCUT2D eigenvalue weighted by Gasteiger charge is 2.32. The second-order valence-corrected chi connectivity index (χ2v) is 8.93. The van der Waals surface area contributed by atoms with Gasteiger partial charge in [-0.25, -0.2) is 0 Å². The summed E-state index contributed by atoms with van der Waals surface area (Å²) in [6, 6.07) is 14.6. The van der Waals surface area contributed by atoms with E-state index in [2.05, 4.69) is 24.3 Å². The first kappa shape index (κ1) is 20.1. The molecular weight excluding hydrogens is 382 g/mol. The number of methoxy groups -OCH3 is 2. The van der Waals surface area contributed by atoms with E-state index in [9.17, 15) is 4.79 Å². The maximum absolute atomic E-state index is 13.2. The van der Waals surface area contributed by atoms with Crippen molar-refractivity contribution in [1.82, 2.24) is 4.90 Å². The molecule has 1 fully saturated rings. The third-order valence-corrected chi connectivity index (χ3v) is 7.40. The van der Waals surface area contributed by atoms with E-state index in [0.717, 1.165) is 49.3 Å². The summed E-state index contributed by atoms with van der Waals surface area (Å²) in [5.41, 5.74) is 3.92. The van der Waals surface area contributed by atoms with E-state index < -0.39 is 0 Å². The first-order valence-corrected chi connectivity index (χ1v) is 11.5. The van der Waals surface area contributed by atoms with Crippen molar-refractivity contribution in [1.29, 1.82) is 0 Å². The summed E-state index contributed by atoms with van der Waals surface area (Å²) in [6.45, 7) is 0.811. The van der Waals surface area contributed by atoms with Gasteiger partial charge < -0.3 is 14.4 Å². The Kier molecular flexibility index (Phi) is 6.34. The number of aryl methyl sites for hydroxylation is 1. The zero-order chi connectivity index (χ0) is 20.2. The number of likely N-dealkylation sites (tertiary alicyclic amines) is 1. The fraction of sp³-hybridized carbons (Fsp3) is 0.458. The summed E-state index contributed by atoms with van der Waals surface area (Å²) in [5.74, 6) is 2.38. The monoisotopic (exact) mass is 411 g/mol. The lowest BCUT2D eigenvalue weighted by atomic mass is 9.91. The molecule has 1 saturated heterocycles. The van der Waals surface area contributed by atoms with Crippen molar-refractivity contribution >= 4 is 17.7 Å². The van der Waals surface area contributed by atoms with E-state index in [1.807, 2.05) is 23.1 Å². The minimum absolute atomic E-state index is 0.0618. The van der Waals surface area contributed by atoms with E-state index in [0.29, 0.717) is 11.0 Å². The normalized spacial score (nSPS) is 21.0. The molecule has 4 nitrogen and oxygen atoms in total. The van der Waals surface area contributed by atoms with Gasteiger partial charge in [-0.2, -0.15) is 0 Å². The number of carbonyl (C=O) groups excluding carboxylic acids is 1. The molecule has 2 aliphatic rings. The molecular formula is C24H29NO3S. The number of benzene rings is 2. The van der Waals surface area contributed by atoms with Crippen molar-refractivity contribution in [3.8, 4) is 11.5 Å². The molecule has 2 atom stereocenters. The number of carbonyl (C=O) groups is 1. The van der Waals surface area contributed by atoms with Crippen molar-refractivity contribution in [3.05, 3.63) is 59.2 Å². The predicted octanol–water partition coefficient (Wildman–Crippen LogP) is 5.18. The van der Waals surface area contributed by atoms with Gasteiger partial charge in [-0.15, -0.1) is 11.8 Å². The Morgan fingerprint density at radius 1 is 1.07 bits per heavy atom. The number of ether oxygens (including phenoxy) is 2. The molecule has 4 rings (SSSR count). The average Bonchev–Trinajstić information content (AvgIpc) is 3.26. The molecule has 0 radical (unpaired) electrons. The summed E-state index contributed by atoms with van der Waals surface area (Å²) < 4.78 is 11.0. The van der Waals surface area contributed by atoms with Crippen LogP contribution in [0.2, 0.25) is 0 Å². The number of rotatable bonds is 6. The van der Waals surface area contributed by atoms with Gasteiger partial charge in [-0.05, 0) is 61.4 Å². The molecule has 0 bridgehead atoms. The molecule has 1 amide bonds. The summed E-state index contributed by atoms with van der Waals surface area (Å²) in [6.07, 6.45) is 5.50. The SMILES string of the molecule is COc1ccc(OC)c(C2CCCN2C(=O)CSC2CCCc3ccccc32)c1. The average molecular weight is 412 g/mol. The largest absolute Gasteiger partial charge is 0.497 e. The molecule has 0 saturated carbocycles. The van der Waals surface area contributed by atoms with Crippen LogP contribution < -0.4 is 9.47 Å². The number of thioether (sulfide) groups is 1. The van der Waals surface area contributed by atoms with Gasteiger partial charge in [0, 0.05) is 17.4 Å². The van der Waals surface area contributed by atoms with Crippen molar-refractivity contribution in [2.75, 3.05) is 26.5 Å². The summed E-state index contributed by atoms with van der Waals surface area (Å²) in [7, 11) is 3.35. The highest BCUT2D eigenvalue weighted by molar-refractivity contribution is 8.00. The minimum Gasteiger partial charge on any atom is -0.497 e. The van der Waals surface area contributed by atoms with E-state index in [-0.39, 0.29) is 11.9 Å². The van der Waals surface area contributed by atoms with Crippen LogP contribution in [-0.4, -0.2) is 37.3 Å². The maximum atomic E-state index is 13.2. The molecule has 2 aromatic carbocycles. The van der Waals surface area contributed by atoms with E-state index in [4.69, 9.17) is 9.47 Å². The van der Waals surface area contributed by atoms with E-state index in [1.165, 1.54) is 17.5 Å². The van der Waals surface area contributed by atoms with Crippen LogP contribution in [0.1, 0.15) is 53.7 Å². The van der Waals surface area contributed by atoms with E-state index in [1.54, 1.807) is 26.0 Å². The zero-order valence-corrected chi connectivity index (χ0v) is 18.0. The molecule has 0 spiro atoms. The Balaban J connectivity index is 1.47. The molecule has 154 valence electrons. The lowest BCUT2D eigenvalue weighted by Crippen LogP contribution is -2.32. The minimum atomic E-state index is 0.0618. The molecule has 29 heavy (non-hydrogen) atoms. The number of nitrogens with zero attached hydrogens (tertiary/aromatic N) is 1. The summed E-state index contributed by atoms with van der Waals surface area (Å²) in [5, 5.41) is 0.427. The van der Waals surface area contributed by atoms with Gasteiger partial charge in [-0.3, -0.25) is 4.79 Å². The fourth-order valence-corrected chi connectivity index (χ4v) is 5.88. The molecule has 1 aliphatic carbocycles. The maximum Gasteiger partial charge on any atom is 0.233 e. The Labute approximate surface area is 177 Å². The second kappa shape index (κ2) is 9.12. The Morgan fingerprint density at radius 3 is 2.76 bits per heavy atom. The number of amides is 1. The lowest BCUT2D eigenvalue weighted by molar-refractivity contribution is -0.129. The third kappa shape index (κ3) is 4.25. The molecule has 2 unspecified atom stereocenters. The molecule has 0 aromatic heterocycles. The van der Waals surface area contributed by atoms with Crippen LogP contribution in [0.5, 0.6) is 11.5 Å². The first-order valence-electron chi connectivity index (χ1n) is 10.4. The van der Waals surface area contributed by atoms with Gasteiger partial charge in [0.15, 0.2) is 0 Å². The van der Waals surface area contributed by atoms with Crippen LogP contribution >= 0.6 is 11.8 Å². The van der Waals surface area contributed by atoms with Gasteiger partial charge in [0.2, 0.25) is 5.91 Å². The Hall–Kier alpha value is -2.14. The Bertz CT molecular complexity index is 869. The predicted molar refractivity (Wildman–Crippen MR) is 118 cm³/mol. The second-order valence-electron chi connectivity index (χ2n) is 7.74. The quantitative estimate of drug-likeness (QED) is 0.657. The van der Waals surface area contributed by atoms with Crippen LogP contribution in [0.4, 0.5) is 0 Å². The van der Waals surface area contributed by atoms with Crippen LogP contribution in [0.15, 0.2) is 42.5 Å². The van der Waals surface area contributed by atoms with Gasteiger partial charge in [0.05, 0.1) is 26.0 Å². The van der Waals surface area contributed by atoms with Gasteiger partial charge in [-0.1, -0.05) is 24.3 Å². The molecule has 0 N–H and O–H groups in total. The van der Waals surface area contributed by atoms with Crippen LogP contribution in [0.3, 0.4) is 0 Å². The van der Waals surface area contributed by atoms with Crippen molar-refractivity contribution in [2.24, 2.45) is 0 Å². The number of hydrogen-bond acceptors (Lipinski definition) is 4. The first-order chi connectivity index (χ1) is 14.2. The van der Waals surface area contributed by atoms with Crippen molar-refractivity contribution < 1.29 is 14.3 Å². The molecule has 1 aliphatic heterocycles. The van der Waals surface area contributed by atoms with Crippen LogP contribution in [0, 0.1) is 0 Å². The van der Waals surface area contributed by atoms with Crippen LogP contribution in [-0.2, 0) is 11.2 Å². The molecule has 1 heterocycles. The van der Waals surface area contributed by atoms with Gasteiger partial charge in [0.1, 0.15) is 11.5 Å². The van der Waals surface area contributed by atoms with Gasteiger partial charge in [0.25, 0.3) is 0 Å². The third-order valence-electron chi connectivity index (χ3n) is 6.09. The number of hydrogen-bond donors (Lipinski definition) is 0. The molecule has 5 heteroatoms. The standard InChI is InChI=1S/C24H29NO3S/c1-27-18-12-13-22(28-2)20(15-18)21-10-6-14-25(21)24(26)16-29-23-11-5-8-17-7-3-4-9-19(17)23/h3-4,7,9,12-13,15,21,23H,5-6,8,10-11,14,16H2,1-2H3. The zero-order valence-electron chi connectivity index (χ0n) is 17.2. The number of fused-ring (bicyclic) bond motifs is 1. The Morgan fingerprint density at radius 2 is 1.93 bits per heavy atom. The highest BCUT2D eigenvalue weighted by atomic mass is 32.2. The topological polar surface area (TPSA) is 38.8 Å². The van der Waals surface area contributed by atoms with Crippen molar-refractivity contribution in [2.45, 2.75) is 43.4 Å². The molecule has 2 aromatic rings. The van der Waals surface area contributed by atoms with Crippen LogP contribution in [0.25, 0.3) is 0 Å². The smallest absolute Gasteiger partial charge is 0.233 e. The van der Waals surface area contributed by atoms with Crippen molar-refractivity contribution in [3.63, 3.8) is 0 Å². The highest BCUT2D eigenvalue weighted by Crippen LogP contribution is 2.42. The van der Waals surface area contributed by atoms with Gasteiger partial charge >= 0.3 is 0 Å². The lowest BCUT2D eigenvalue weighted by Gasteiger charge is -2.28.